The third-order valence-electron chi connectivity index (χ3n) is 3.75. The van der Waals surface area contributed by atoms with E-state index in [1.165, 1.54) is 7.11 Å². The number of ether oxygens (including phenoxy) is 2. The normalized spacial score (nSPS) is 27.5. The SMILES string of the molecule is COC(=O)C1CCCN1C(=O)CCC1CCCO1. The first-order chi connectivity index (χ1) is 8.72. The molecule has 0 aromatic carbocycles. The lowest BCUT2D eigenvalue weighted by atomic mass is 10.1. The number of amides is 1. The highest BCUT2D eigenvalue weighted by Gasteiger charge is 2.34. The zero-order valence-electron chi connectivity index (χ0n) is 10.9. The second kappa shape index (κ2) is 6.18. The van der Waals surface area contributed by atoms with Gasteiger partial charge in [0.25, 0.3) is 0 Å². The molecule has 0 bridgehead atoms. The van der Waals surface area contributed by atoms with Gasteiger partial charge in [0, 0.05) is 19.6 Å². The van der Waals surface area contributed by atoms with Gasteiger partial charge >= 0.3 is 5.97 Å². The number of carbonyl (C=O) groups excluding carboxylic acids is 2. The second-order valence-electron chi connectivity index (χ2n) is 4.94. The minimum absolute atomic E-state index is 0.0541. The summed E-state index contributed by atoms with van der Waals surface area (Å²) in [7, 11) is 1.37. The van der Waals surface area contributed by atoms with Crippen molar-refractivity contribution in [1.82, 2.24) is 4.90 Å². The van der Waals surface area contributed by atoms with Crippen LogP contribution in [0, 0.1) is 0 Å². The van der Waals surface area contributed by atoms with Crippen molar-refractivity contribution < 1.29 is 19.1 Å². The molecule has 2 aliphatic heterocycles. The number of carbonyl (C=O) groups is 2. The van der Waals surface area contributed by atoms with Gasteiger partial charge in [0.2, 0.25) is 5.91 Å². The molecule has 2 aliphatic rings. The molecular formula is C13H21NO4. The van der Waals surface area contributed by atoms with Crippen LogP contribution in [0.4, 0.5) is 0 Å². The zero-order valence-corrected chi connectivity index (χ0v) is 10.9. The van der Waals surface area contributed by atoms with Crippen LogP contribution in [0.3, 0.4) is 0 Å². The number of nitrogens with zero attached hydrogens (tertiary/aromatic N) is 1. The first kappa shape index (κ1) is 13.3. The molecule has 0 N–H and O–H groups in total. The Balaban J connectivity index is 1.81. The van der Waals surface area contributed by atoms with Gasteiger partial charge in [-0.3, -0.25) is 4.79 Å². The van der Waals surface area contributed by atoms with Crippen molar-refractivity contribution in [1.29, 1.82) is 0 Å². The van der Waals surface area contributed by atoms with E-state index in [-0.39, 0.29) is 24.0 Å². The highest BCUT2D eigenvalue weighted by Crippen LogP contribution is 2.22. The Morgan fingerprint density at radius 3 is 2.83 bits per heavy atom. The Kier molecular flexibility index (Phi) is 4.58. The summed E-state index contributed by atoms with van der Waals surface area (Å²) in [6.45, 7) is 1.48. The van der Waals surface area contributed by atoms with Crippen molar-refractivity contribution >= 4 is 11.9 Å². The number of methoxy groups -OCH3 is 1. The van der Waals surface area contributed by atoms with Crippen molar-refractivity contribution in [2.24, 2.45) is 0 Å². The van der Waals surface area contributed by atoms with Crippen LogP contribution < -0.4 is 0 Å². The van der Waals surface area contributed by atoms with Crippen molar-refractivity contribution in [3.05, 3.63) is 0 Å². The minimum Gasteiger partial charge on any atom is -0.467 e. The largest absolute Gasteiger partial charge is 0.467 e. The molecule has 0 spiro atoms. The van der Waals surface area contributed by atoms with Crippen LogP contribution in [0.15, 0.2) is 0 Å². The van der Waals surface area contributed by atoms with Crippen molar-refractivity contribution in [3.63, 3.8) is 0 Å². The molecule has 0 radical (unpaired) electrons. The number of esters is 1. The lowest BCUT2D eigenvalue weighted by Crippen LogP contribution is -2.41. The molecule has 2 atom stereocenters. The molecule has 102 valence electrons. The van der Waals surface area contributed by atoms with Gasteiger partial charge in [-0.05, 0) is 32.1 Å². The van der Waals surface area contributed by atoms with E-state index in [9.17, 15) is 9.59 Å². The van der Waals surface area contributed by atoms with Gasteiger partial charge in [-0.2, -0.15) is 0 Å². The van der Waals surface area contributed by atoms with Gasteiger partial charge in [-0.25, -0.2) is 4.79 Å². The van der Waals surface area contributed by atoms with Crippen LogP contribution in [0.25, 0.3) is 0 Å². The molecular weight excluding hydrogens is 234 g/mol. The molecule has 18 heavy (non-hydrogen) atoms. The topological polar surface area (TPSA) is 55.8 Å². The molecule has 0 aromatic rings. The van der Waals surface area contributed by atoms with E-state index < -0.39 is 0 Å². The van der Waals surface area contributed by atoms with Gasteiger partial charge in [-0.15, -0.1) is 0 Å². The van der Waals surface area contributed by atoms with Crippen molar-refractivity contribution in [3.8, 4) is 0 Å². The number of likely N-dealkylation sites (tertiary alicyclic amines) is 1. The Hall–Kier alpha value is -1.10. The predicted molar refractivity (Wildman–Crippen MR) is 65.0 cm³/mol. The van der Waals surface area contributed by atoms with Gasteiger partial charge < -0.3 is 14.4 Å². The van der Waals surface area contributed by atoms with E-state index in [1.807, 2.05) is 0 Å². The zero-order chi connectivity index (χ0) is 13.0. The smallest absolute Gasteiger partial charge is 0.328 e. The molecule has 5 heteroatoms. The lowest BCUT2D eigenvalue weighted by Gasteiger charge is -2.23. The van der Waals surface area contributed by atoms with Crippen LogP contribution >= 0.6 is 0 Å². The quantitative estimate of drug-likeness (QED) is 0.706. The molecule has 1 amide bonds. The molecule has 2 saturated heterocycles. The highest BCUT2D eigenvalue weighted by molar-refractivity contribution is 5.85. The summed E-state index contributed by atoms with van der Waals surface area (Å²) in [6, 6.07) is -0.369. The first-order valence-corrected chi connectivity index (χ1v) is 6.71. The molecule has 2 fully saturated rings. The maximum atomic E-state index is 12.1. The van der Waals surface area contributed by atoms with E-state index in [0.29, 0.717) is 13.0 Å². The van der Waals surface area contributed by atoms with Crippen molar-refractivity contribution in [2.75, 3.05) is 20.3 Å². The third-order valence-corrected chi connectivity index (χ3v) is 3.75. The van der Waals surface area contributed by atoms with E-state index in [1.54, 1.807) is 4.90 Å². The van der Waals surface area contributed by atoms with E-state index in [2.05, 4.69) is 0 Å². The third kappa shape index (κ3) is 3.02. The average molecular weight is 255 g/mol. The lowest BCUT2D eigenvalue weighted by molar-refractivity contribution is -0.151. The van der Waals surface area contributed by atoms with Crippen LogP contribution in [0.2, 0.25) is 0 Å². The summed E-state index contributed by atoms with van der Waals surface area (Å²) in [6.07, 6.45) is 5.21. The summed E-state index contributed by atoms with van der Waals surface area (Å²) < 4.78 is 10.2. The molecule has 2 unspecified atom stereocenters. The minimum atomic E-state index is -0.369. The molecule has 0 aromatic heterocycles. The van der Waals surface area contributed by atoms with Crippen LogP contribution in [-0.2, 0) is 19.1 Å². The molecule has 2 heterocycles. The maximum Gasteiger partial charge on any atom is 0.328 e. The van der Waals surface area contributed by atoms with Gasteiger partial charge in [0.15, 0.2) is 0 Å². The van der Waals surface area contributed by atoms with Crippen LogP contribution in [-0.4, -0.2) is 49.2 Å². The number of hydrogen-bond acceptors (Lipinski definition) is 4. The standard InChI is InChI=1S/C13H21NO4/c1-17-13(16)11-5-2-8-14(11)12(15)7-6-10-4-3-9-18-10/h10-11H,2-9H2,1H3. The van der Waals surface area contributed by atoms with E-state index >= 15 is 0 Å². The maximum absolute atomic E-state index is 12.1. The van der Waals surface area contributed by atoms with Gasteiger partial charge in [0.1, 0.15) is 6.04 Å². The Bertz CT molecular complexity index is 312. The summed E-state index contributed by atoms with van der Waals surface area (Å²) in [5.74, 6) is -0.239. The summed E-state index contributed by atoms with van der Waals surface area (Å²) in [4.78, 5) is 25.3. The Labute approximate surface area is 107 Å². The van der Waals surface area contributed by atoms with E-state index in [4.69, 9.17) is 9.47 Å². The summed E-state index contributed by atoms with van der Waals surface area (Å²) in [5, 5.41) is 0. The summed E-state index contributed by atoms with van der Waals surface area (Å²) >= 11 is 0. The Morgan fingerprint density at radius 2 is 2.17 bits per heavy atom. The number of hydrogen-bond donors (Lipinski definition) is 0. The number of rotatable bonds is 4. The summed E-state index contributed by atoms with van der Waals surface area (Å²) in [5.41, 5.74) is 0. The Morgan fingerprint density at radius 1 is 1.33 bits per heavy atom. The molecule has 5 nitrogen and oxygen atoms in total. The fourth-order valence-corrected chi connectivity index (χ4v) is 2.75. The van der Waals surface area contributed by atoms with Gasteiger partial charge in [-0.1, -0.05) is 0 Å². The molecule has 0 saturated carbocycles. The first-order valence-electron chi connectivity index (χ1n) is 6.71. The fourth-order valence-electron chi connectivity index (χ4n) is 2.75. The fraction of sp³-hybridized carbons (Fsp3) is 0.846. The molecule has 0 aliphatic carbocycles. The predicted octanol–water partition coefficient (Wildman–Crippen LogP) is 1.11. The van der Waals surface area contributed by atoms with Crippen molar-refractivity contribution in [2.45, 2.75) is 50.7 Å². The second-order valence-corrected chi connectivity index (χ2v) is 4.94. The highest BCUT2D eigenvalue weighted by atomic mass is 16.5. The van der Waals surface area contributed by atoms with Crippen LogP contribution in [0.1, 0.15) is 38.5 Å². The average Bonchev–Trinajstić information content (AvgIpc) is 3.05. The van der Waals surface area contributed by atoms with E-state index in [0.717, 1.165) is 38.7 Å². The monoisotopic (exact) mass is 255 g/mol. The van der Waals surface area contributed by atoms with Crippen LogP contribution in [0.5, 0.6) is 0 Å². The molecule has 2 rings (SSSR count). The van der Waals surface area contributed by atoms with Gasteiger partial charge in [0.05, 0.1) is 13.2 Å².